The number of allylic oxidation sites excluding steroid dienone is 1. The van der Waals surface area contributed by atoms with Crippen LogP contribution < -0.4 is 0 Å². The van der Waals surface area contributed by atoms with Crippen molar-refractivity contribution in [3.63, 3.8) is 0 Å². The van der Waals surface area contributed by atoms with E-state index in [1.165, 1.54) is 21.3 Å². The number of rotatable bonds is 7. The van der Waals surface area contributed by atoms with Gasteiger partial charge in [0.05, 0.1) is 0 Å². The van der Waals surface area contributed by atoms with Crippen LogP contribution in [0.2, 0.25) is 5.82 Å². The summed E-state index contributed by atoms with van der Waals surface area (Å²) in [6.07, 6.45) is 2.96. The molecule has 0 N–H and O–H groups in total. The molecule has 1 nitrogen and oxygen atoms in total. The van der Waals surface area contributed by atoms with Crippen LogP contribution in [0.5, 0.6) is 0 Å². The van der Waals surface area contributed by atoms with E-state index >= 15 is 0 Å². The topological polar surface area (TPSA) is 12.4 Å². The molecule has 0 aliphatic rings. The zero-order valence-corrected chi connectivity index (χ0v) is 15.0. The van der Waals surface area contributed by atoms with E-state index in [2.05, 4.69) is 73.9 Å². The Balaban J connectivity index is 2.21. The van der Waals surface area contributed by atoms with Gasteiger partial charge in [-0.3, -0.25) is 0 Å². The van der Waals surface area contributed by atoms with E-state index in [4.69, 9.17) is 4.99 Å². The number of aryl methyl sites for hydroxylation is 1. The molecule has 0 bridgehead atoms. The molecule has 0 saturated heterocycles. The fourth-order valence-corrected chi connectivity index (χ4v) is 3.90. The number of aliphatic imine (C=N–C) groups is 1. The molecule has 0 aromatic heterocycles. The van der Waals surface area contributed by atoms with Crippen molar-refractivity contribution in [2.75, 3.05) is 0 Å². The molecule has 2 aromatic carbocycles. The molecule has 1 atom stereocenters. The van der Waals surface area contributed by atoms with Crippen LogP contribution in [0, 0.1) is 6.92 Å². The number of hydrogen-bond donors (Lipinski definition) is 0. The Labute approximate surface area is 140 Å². The van der Waals surface area contributed by atoms with Crippen LogP contribution in [-0.2, 0) is 6.54 Å². The van der Waals surface area contributed by atoms with Gasteiger partial charge in [0.2, 0.25) is 0 Å². The minimum atomic E-state index is 0.370. The average molecular weight is 356 g/mol. The van der Waals surface area contributed by atoms with E-state index in [0.717, 1.165) is 13.0 Å². The Hall–Kier alpha value is -1.63. The zero-order chi connectivity index (χ0) is 15.8. The van der Waals surface area contributed by atoms with Gasteiger partial charge in [-0.05, 0) is 0 Å². The first-order valence-electron chi connectivity index (χ1n) is 7.54. The van der Waals surface area contributed by atoms with Gasteiger partial charge < -0.3 is 0 Å². The Bertz CT molecular complexity index is 614. The summed E-state index contributed by atoms with van der Waals surface area (Å²) in [5, 5.41) is 0. The molecular formula is C20H23NSe. The van der Waals surface area contributed by atoms with Crippen molar-refractivity contribution < 1.29 is 0 Å². The first-order chi connectivity index (χ1) is 10.7. The summed E-state index contributed by atoms with van der Waals surface area (Å²) in [5.41, 5.74) is 3.91. The van der Waals surface area contributed by atoms with Crippen molar-refractivity contribution in [3.05, 3.63) is 83.9 Å². The fourth-order valence-electron chi connectivity index (χ4n) is 2.41. The van der Waals surface area contributed by atoms with Crippen molar-refractivity contribution in [3.8, 4) is 0 Å². The summed E-state index contributed by atoms with van der Waals surface area (Å²) < 4.78 is 1.32. The van der Waals surface area contributed by atoms with Crippen molar-refractivity contribution >= 4 is 19.6 Å². The standard InChI is InChI=1S/C20H23NSe/c1-4-8-19(18-9-6-5-7-10-18)20(22-3)21-15-17-13-11-16(2)12-14-17/h4-7,9-14,19H,1,8,15H2,2-3H3. The molecule has 114 valence electrons. The maximum atomic E-state index is 4.93. The predicted octanol–water partition coefficient (Wildman–Crippen LogP) is 5.01. The Kier molecular flexibility index (Phi) is 6.64. The molecule has 2 heteroatoms. The Morgan fingerprint density at radius 2 is 1.82 bits per heavy atom. The molecule has 2 aromatic rings. The summed E-state index contributed by atoms with van der Waals surface area (Å²) in [6.45, 7) is 6.81. The molecule has 0 aliphatic heterocycles. The monoisotopic (exact) mass is 357 g/mol. The van der Waals surface area contributed by atoms with E-state index in [9.17, 15) is 0 Å². The van der Waals surface area contributed by atoms with E-state index in [1.54, 1.807) is 0 Å². The van der Waals surface area contributed by atoms with E-state index in [0.29, 0.717) is 20.9 Å². The second-order valence-corrected chi connectivity index (χ2v) is 7.07. The quantitative estimate of drug-likeness (QED) is 0.376. The molecule has 0 aliphatic carbocycles. The van der Waals surface area contributed by atoms with Crippen LogP contribution in [-0.4, -0.2) is 19.6 Å². The third kappa shape index (κ3) is 4.69. The molecular weight excluding hydrogens is 333 g/mol. The molecule has 2 rings (SSSR count). The first kappa shape index (κ1) is 16.7. The summed E-state index contributed by atoms with van der Waals surface area (Å²) in [7, 11) is 0. The summed E-state index contributed by atoms with van der Waals surface area (Å²) in [6, 6.07) is 19.3. The van der Waals surface area contributed by atoms with Crippen LogP contribution in [0.1, 0.15) is 29.0 Å². The van der Waals surface area contributed by atoms with Gasteiger partial charge in [-0.1, -0.05) is 0 Å². The van der Waals surface area contributed by atoms with Crippen molar-refractivity contribution in [2.24, 2.45) is 4.99 Å². The van der Waals surface area contributed by atoms with E-state index in [-0.39, 0.29) is 0 Å². The van der Waals surface area contributed by atoms with Gasteiger partial charge >= 0.3 is 140 Å². The SMILES string of the molecule is C=CCC(C(=NCc1ccc(C)cc1)[Se]C)c1ccccc1. The van der Waals surface area contributed by atoms with Gasteiger partial charge in [0.1, 0.15) is 0 Å². The molecule has 0 amide bonds. The van der Waals surface area contributed by atoms with Crippen molar-refractivity contribution in [1.29, 1.82) is 0 Å². The molecule has 0 spiro atoms. The van der Waals surface area contributed by atoms with Crippen LogP contribution in [0.3, 0.4) is 0 Å². The molecule has 0 radical (unpaired) electrons. The number of hydrogen-bond acceptors (Lipinski definition) is 1. The number of nitrogens with zero attached hydrogens (tertiary/aromatic N) is 1. The summed E-state index contributed by atoms with van der Waals surface area (Å²) in [4.78, 5) is 4.93. The number of benzene rings is 2. The minimum absolute atomic E-state index is 0.370. The second-order valence-electron chi connectivity index (χ2n) is 5.33. The van der Waals surface area contributed by atoms with Gasteiger partial charge in [0, 0.05) is 0 Å². The zero-order valence-electron chi connectivity index (χ0n) is 13.3. The van der Waals surface area contributed by atoms with Crippen LogP contribution >= 0.6 is 0 Å². The van der Waals surface area contributed by atoms with Gasteiger partial charge in [-0.2, -0.15) is 0 Å². The fraction of sp³-hybridized carbons (Fsp3) is 0.250. The first-order valence-corrected chi connectivity index (χ1v) is 10.1. The summed E-state index contributed by atoms with van der Waals surface area (Å²) in [5.74, 6) is 2.62. The van der Waals surface area contributed by atoms with E-state index in [1.807, 2.05) is 6.08 Å². The van der Waals surface area contributed by atoms with Crippen molar-refractivity contribution in [2.45, 2.75) is 31.6 Å². The third-order valence-corrected chi connectivity index (χ3v) is 5.39. The van der Waals surface area contributed by atoms with Crippen LogP contribution in [0.4, 0.5) is 0 Å². The van der Waals surface area contributed by atoms with Crippen molar-refractivity contribution in [1.82, 2.24) is 0 Å². The van der Waals surface area contributed by atoms with E-state index < -0.39 is 0 Å². The predicted molar refractivity (Wildman–Crippen MR) is 97.9 cm³/mol. The van der Waals surface area contributed by atoms with Gasteiger partial charge in [-0.15, -0.1) is 0 Å². The molecule has 0 saturated carbocycles. The summed E-state index contributed by atoms with van der Waals surface area (Å²) >= 11 is 0.397. The van der Waals surface area contributed by atoms with Gasteiger partial charge in [0.15, 0.2) is 0 Å². The molecule has 0 heterocycles. The average Bonchev–Trinajstić information content (AvgIpc) is 2.57. The Morgan fingerprint density at radius 3 is 2.41 bits per heavy atom. The molecule has 0 fully saturated rings. The van der Waals surface area contributed by atoms with Crippen LogP contribution in [0.25, 0.3) is 0 Å². The normalized spacial score (nSPS) is 12.9. The Morgan fingerprint density at radius 1 is 1.14 bits per heavy atom. The van der Waals surface area contributed by atoms with Crippen LogP contribution in [0.15, 0.2) is 72.2 Å². The molecule has 22 heavy (non-hydrogen) atoms. The van der Waals surface area contributed by atoms with Gasteiger partial charge in [-0.25, -0.2) is 0 Å². The third-order valence-electron chi connectivity index (χ3n) is 3.65. The second kappa shape index (κ2) is 8.73. The van der Waals surface area contributed by atoms with Gasteiger partial charge in [0.25, 0.3) is 0 Å². The molecule has 1 unspecified atom stereocenters. The maximum absolute atomic E-state index is 4.93.